The topological polar surface area (TPSA) is 114 Å². The van der Waals surface area contributed by atoms with Gasteiger partial charge < -0.3 is 11.5 Å². The smallest absolute Gasteiger partial charge is 0.283 e. The number of primary amides is 1. The first kappa shape index (κ1) is 15.2. The second-order valence-electron chi connectivity index (χ2n) is 5.57. The van der Waals surface area contributed by atoms with E-state index in [0.717, 1.165) is 19.3 Å². The summed E-state index contributed by atoms with van der Waals surface area (Å²) in [5.41, 5.74) is 11.7. The van der Waals surface area contributed by atoms with Gasteiger partial charge in [-0.15, -0.1) is 5.10 Å². The van der Waals surface area contributed by atoms with Crippen LogP contribution in [0, 0.1) is 5.92 Å². The molecule has 0 saturated heterocycles. The zero-order valence-electron chi connectivity index (χ0n) is 12.5. The van der Waals surface area contributed by atoms with E-state index < -0.39 is 5.91 Å². The van der Waals surface area contributed by atoms with Gasteiger partial charge in [0, 0.05) is 11.3 Å². The Morgan fingerprint density at radius 1 is 1.52 bits per heavy atom. The summed E-state index contributed by atoms with van der Waals surface area (Å²) >= 11 is 0. The molecule has 1 fully saturated rings. The Morgan fingerprint density at radius 3 is 2.76 bits per heavy atom. The van der Waals surface area contributed by atoms with E-state index >= 15 is 0 Å². The van der Waals surface area contributed by atoms with Crippen molar-refractivity contribution >= 4 is 11.6 Å². The molecule has 1 aromatic rings. The van der Waals surface area contributed by atoms with Crippen LogP contribution in [0.4, 0.5) is 0 Å². The number of rotatable bonds is 4. The van der Waals surface area contributed by atoms with E-state index in [2.05, 4.69) is 17.1 Å². The molecule has 1 aliphatic rings. The SMILES string of the molecule is CC1CCCCC1N=C(C(=CN)C(N)=O)c1[nH]nc[n+]1C. The van der Waals surface area contributed by atoms with Crippen molar-refractivity contribution in [1.29, 1.82) is 0 Å². The highest BCUT2D eigenvalue weighted by Gasteiger charge is 2.27. The number of aromatic nitrogens is 3. The van der Waals surface area contributed by atoms with Crippen molar-refractivity contribution in [3.8, 4) is 0 Å². The number of nitrogens with one attached hydrogen (secondary N) is 1. The molecule has 2 rings (SSSR count). The maximum atomic E-state index is 11.7. The number of aromatic amines is 1. The molecule has 1 heterocycles. The molecule has 1 aliphatic carbocycles. The van der Waals surface area contributed by atoms with E-state index in [9.17, 15) is 4.79 Å². The summed E-state index contributed by atoms with van der Waals surface area (Å²) in [5, 5.41) is 6.83. The predicted molar refractivity (Wildman–Crippen MR) is 79.2 cm³/mol. The van der Waals surface area contributed by atoms with Gasteiger partial charge in [0.25, 0.3) is 18.1 Å². The second-order valence-corrected chi connectivity index (χ2v) is 5.57. The fraction of sp³-hybridized carbons (Fsp3) is 0.571. The number of nitrogens with two attached hydrogens (primary N) is 2. The van der Waals surface area contributed by atoms with Gasteiger partial charge in [-0.2, -0.15) is 0 Å². The Balaban J connectivity index is 2.45. The van der Waals surface area contributed by atoms with Crippen molar-refractivity contribution in [1.82, 2.24) is 10.2 Å². The van der Waals surface area contributed by atoms with Crippen molar-refractivity contribution in [3.63, 3.8) is 0 Å². The predicted octanol–water partition coefficient (Wildman–Crippen LogP) is -0.0701. The first-order chi connectivity index (χ1) is 10.0. The minimum Gasteiger partial charge on any atom is -0.404 e. The number of amides is 1. The molecule has 0 aliphatic heterocycles. The molecule has 2 unspecified atom stereocenters. The summed E-state index contributed by atoms with van der Waals surface area (Å²) in [6.45, 7) is 2.19. The Morgan fingerprint density at radius 2 is 2.24 bits per heavy atom. The summed E-state index contributed by atoms with van der Waals surface area (Å²) in [4.78, 5) is 16.4. The lowest BCUT2D eigenvalue weighted by molar-refractivity contribution is -0.672. The van der Waals surface area contributed by atoms with E-state index in [1.165, 1.54) is 12.6 Å². The van der Waals surface area contributed by atoms with Gasteiger partial charge in [0.05, 0.1) is 18.7 Å². The first-order valence-electron chi connectivity index (χ1n) is 7.23. The van der Waals surface area contributed by atoms with Crippen LogP contribution in [-0.4, -0.2) is 27.9 Å². The van der Waals surface area contributed by atoms with Crippen molar-refractivity contribution in [3.05, 3.63) is 23.9 Å². The number of aliphatic imine (C=N–C) groups is 1. The van der Waals surface area contributed by atoms with E-state index in [4.69, 9.17) is 16.5 Å². The van der Waals surface area contributed by atoms with Gasteiger partial charge in [0.1, 0.15) is 5.71 Å². The molecular weight excluding hydrogens is 268 g/mol. The number of hydrogen-bond acceptors (Lipinski definition) is 4. The molecule has 1 aromatic heterocycles. The molecule has 21 heavy (non-hydrogen) atoms. The molecule has 7 nitrogen and oxygen atoms in total. The van der Waals surface area contributed by atoms with Gasteiger partial charge in [-0.25, -0.2) is 4.57 Å². The maximum Gasteiger partial charge on any atom is 0.283 e. The fourth-order valence-electron chi connectivity index (χ4n) is 2.72. The third-order valence-corrected chi connectivity index (χ3v) is 4.03. The van der Waals surface area contributed by atoms with Crippen LogP contribution in [0.1, 0.15) is 38.4 Å². The zero-order valence-corrected chi connectivity index (χ0v) is 12.5. The Kier molecular flexibility index (Phi) is 4.72. The Bertz CT molecular complexity index is 574. The summed E-state index contributed by atoms with van der Waals surface area (Å²) in [6.07, 6.45) is 7.38. The lowest BCUT2D eigenvalue weighted by atomic mass is 9.86. The molecule has 0 spiro atoms. The highest BCUT2D eigenvalue weighted by atomic mass is 16.1. The number of hydrogen-bond donors (Lipinski definition) is 3. The van der Waals surface area contributed by atoms with Crippen LogP contribution in [0.2, 0.25) is 0 Å². The van der Waals surface area contributed by atoms with E-state index in [-0.39, 0.29) is 11.6 Å². The summed E-state index contributed by atoms with van der Waals surface area (Å²) in [6, 6.07) is 0.173. The van der Waals surface area contributed by atoms with Gasteiger partial charge in [-0.1, -0.05) is 19.8 Å². The zero-order chi connectivity index (χ0) is 15.4. The standard InChI is InChI=1S/C14H22N6O/c1-9-5-3-4-6-11(9)18-12(10(7-15)13(16)21)14-19-17-8-20(14)2/h7-9,11H,3-6H2,1-2H3,(H4,15,16,18,21)/p+1. The van der Waals surface area contributed by atoms with Crippen molar-refractivity contribution in [2.75, 3.05) is 0 Å². The Hall–Kier alpha value is -2.18. The number of carbonyl (C=O) groups excluding carboxylic acids is 1. The van der Waals surface area contributed by atoms with Crippen LogP contribution in [0.3, 0.4) is 0 Å². The lowest BCUT2D eigenvalue weighted by Gasteiger charge is -2.26. The fourth-order valence-corrected chi connectivity index (χ4v) is 2.72. The minimum absolute atomic E-state index is 0.173. The van der Waals surface area contributed by atoms with E-state index in [1.54, 1.807) is 10.9 Å². The molecule has 7 heteroatoms. The molecule has 114 valence electrons. The van der Waals surface area contributed by atoms with Gasteiger partial charge in [-0.3, -0.25) is 9.79 Å². The first-order valence-corrected chi connectivity index (χ1v) is 7.23. The van der Waals surface area contributed by atoms with Crippen molar-refractivity contribution < 1.29 is 9.36 Å². The van der Waals surface area contributed by atoms with E-state index in [1.807, 2.05) is 7.05 Å². The third-order valence-electron chi connectivity index (χ3n) is 4.03. The number of nitrogens with zero attached hydrogens (tertiary/aromatic N) is 3. The highest BCUT2D eigenvalue weighted by molar-refractivity contribution is 6.26. The van der Waals surface area contributed by atoms with Crippen LogP contribution >= 0.6 is 0 Å². The average molecular weight is 291 g/mol. The van der Waals surface area contributed by atoms with Gasteiger partial charge in [0.2, 0.25) is 0 Å². The van der Waals surface area contributed by atoms with Crippen LogP contribution in [0.15, 0.2) is 23.1 Å². The van der Waals surface area contributed by atoms with Crippen LogP contribution in [0.5, 0.6) is 0 Å². The summed E-state index contributed by atoms with van der Waals surface area (Å²) < 4.78 is 1.76. The third kappa shape index (κ3) is 3.29. The second kappa shape index (κ2) is 6.51. The summed E-state index contributed by atoms with van der Waals surface area (Å²) in [7, 11) is 1.83. The van der Waals surface area contributed by atoms with Crippen molar-refractivity contribution in [2.24, 2.45) is 29.4 Å². The van der Waals surface area contributed by atoms with Gasteiger partial charge >= 0.3 is 0 Å². The van der Waals surface area contributed by atoms with E-state index in [0.29, 0.717) is 17.5 Å². The summed E-state index contributed by atoms with van der Waals surface area (Å²) in [5.74, 6) is 0.520. The molecule has 5 N–H and O–H groups in total. The molecule has 0 radical (unpaired) electrons. The quantitative estimate of drug-likeness (QED) is 0.410. The van der Waals surface area contributed by atoms with Gasteiger partial charge in [0.15, 0.2) is 0 Å². The monoisotopic (exact) mass is 291 g/mol. The molecular formula is C14H23N6O+. The molecule has 0 bridgehead atoms. The molecule has 2 atom stereocenters. The average Bonchev–Trinajstić information content (AvgIpc) is 2.86. The van der Waals surface area contributed by atoms with Crippen LogP contribution in [0.25, 0.3) is 0 Å². The largest absolute Gasteiger partial charge is 0.404 e. The van der Waals surface area contributed by atoms with Crippen LogP contribution < -0.4 is 16.0 Å². The van der Waals surface area contributed by atoms with Gasteiger partial charge in [-0.05, 0) is 18.8 Å². The minimum atomic E-state index is -0.589. The normalized spacial score (nSPS) is 24.1. The maximum absolute atomic E-state index is 11.7. The number of aryl methyl sites for hydroxylation is 1. The Labute approximate surface area is 124 Å². The molecule has 1 amide bonds. The molecule has 0 aromatic carbocycles. The number of H-pyrrole nitrogens is 1. The number of carbonyl (C=O) groups is 1. The molecule has 1 saturated carbocycles. The van der Waals surface area contributed by atoms with Crippen molar-refractivity contribution in [2.45, 2.75) is 38.6 Å². The van der Waals surface area contributed by atoms with Crippen LogP contribution in [-0.2, 0) is 11.8 Å². The lowest BCUT2D eigenvalue weighted by Crippen LogP contribution is -2.38. The highest BCUT2D eigenvalue weighted by Crippen LogP contribution is 2.27.